The Balaban J connectivity index is 2.04. The van der Waals surface area contributed by atoms with Gasteiger partial charge in [-0.2, -0.15) is 0 Å². The van der Waals surface area contributed by atoms with Gasteiger partial charge in [0.25, 0.3) is 0 Å². The molecule has 1 N–H and O–H groups in total. The van der Waals surface area contributed by atoms with Crippen LogP contribution in [-0.4, -0.2) is 21.5 Å². The van der Waals surface area contributed by atoms with Crippen LogP contribution in [0.1, 0.15) is 24.0 Å². The number of nitrogens with zero attached hydrogens (tertiary/aromatic N) is 3. The Morgan fingerprint density at radius 1 is 1.38 bits per heavy atom. The van der Waals surface area contributed by atoms with Crippen molar-refractivity contribution in [3.63, 3.8) is 0 Å². The second-order valence-electron chi connectivity index (χ2n) is 3.43. The van der Waals surface area contributed by atoms with E-state index in [1.54, 1.807) is 23.7 Å². The summed E-state index contributed by atoms with van der Waals surface area (Å²) in [5.74, 6) is 0.843. The Bertz CT molecular complexity index is 427. The lowest BCUT2D eigenvalue weighted by molar-refractivity contribution is 0.947. The maximum Gasteiger partial charge on any atom is 0.144 e. The van der Waals surface area contributed by atoms with Crippen molar-refractivity contribution in [2.24, 2.45) is 0 Å². The van der Waals surface area contributed by atoms with Crippen LogP contribution in [0.15, 0.2) is 24.0 Å². The van der Waals surface area contributed by atoms with Gasteiger partial charge in [-0.15, -0.1) is 11.3 Å². The normalized spacial score (nSPS) is 10.3. The second-order valence-corrected chi connectivity index (χ2v) is 4.40. The highest BCUT2D eigenvalue weighted by molar-refractivity contribution is 7.09. The van der Waals surface area contributed by atoms with E-state index in [4.69, 9.17) is 0 Å². The molecule has 0 fully saturated rings. The fourth-order valence-corrected chi connectivity index (χ4v) is 1.96. The van der Waals surface area contributed by atoms with Gasteiger partial charge in [0.15, 0.2) is 0 Å². The Kier molecular flexibility index (Phi) is 3.82. The third kappa shape index (κ3) is 3.00. The molecule has 2 aromatic heterocycles. The van der Waals surface area contributed by atoms with Crippen LogP contribution in [0.4, 0.5) is 5.82 Å². The van der Waals surface area contributed by atoms with Gasteiger partial charge in [-0.3, -0.25) is 4.98 Å². The summed E-state index contributed by atoms with van der Waals surface area (Å²) in [6.07, 6.45) is 7.19. The number of rotatable bonds is 5. The molecule has 0 unspecified atom stereocenters. The van der Waals surface area contributed by atoms with E-state index in [9.17, 15) is 0 Å². The minimum absolute atomic E-state index is 0.756. The lowest BCUT2D eigenvalue weighted by Gasteiger charge is -2.04. The van der Waals surface area contributed by atoms with Crippen molar-refractivity contribution in [1.29, 1.82) is 0 Å². The zero-order valence-electron chi connectivity index (χ0n) is 9.18. The van der Waals surface area contributed by atoms with Crippen LogP contribution >= 0.6 is 11.3 Å². The Hall–Kier alpha value is -1.49. The SMILES string of the molecule is CCCNc1cncc(Cc2nccs2)n1. The molecule has 0 bridgehead atoms. The summed E-state index contributed by atoms with van der Waals surface area (Å²) in [5.41, 5.74) is 0.955. The fraction of sp³-hybridized carbons (Fsp3) is 0.364. The molecule has 0 aliphatic rings. The van der Waals surface area contributed by atoms with Gasteiger partial charge in [-0.05, 0) is 6.42 Å². The fourth-order valence-electron chi connectivity index (χ4n) is 1.32. The van der Waals surface area contributed by atoms with Crippen LogP contribution in [0.2, 0.25) is 0 Å². The maximum atomic E-state index is 4.48. The number of hydrogen-bond donors (Lipinski definition) is 1. The van der Waals surface area contributed by atoms with E-state index in [0.29, 0.717) is 0 Å². The van der Waals surface area contributed by atoms with Crippen LogP contribution in [0, 0.1) is 0 Å². The largest absolute Gasteiger partial charge is 0.369 e. The molecule has 0 aromatic carbocycles. The average Bonchev–Trinajstić information content (AvgIpc) is 2.80. The van der Waals surface area contributed by atoms with Gasteiger partial charge in [0.2, 0.25) is 0 Å². The molecule has 0 radical (unpaired) electrons. The molecule has 0 saturated heterocycles. The summed E-state index contributed by atoms with van der Waals surface area (Å²) < 4.78 is 0. The highest BCUT2D eigenvalue weighted by Crippen LogP contribution is 2.11. The minimum Gasteiger partial charge on any atom is -0.369 e. The van der Waals surface area contributed by atoms with E-state index < -0.39 is 0 Å². The topological polar surface area (TPSA) is 50.7 Å². The van der Waals surface area contributed by atoms with Crippen molar-refractivity contribution in [2.45, 2.75) is 19.8 Å². The molecule has 0 atom stereocenters. The molecule has 84 valence electrons. The molecule has 0 spiro atoms. The number of anilines is 1. The van der Waals surface area contributed by atoms with E-state index in [0.717, 1.165) is 35.9 Å². The quantitative estimate of drug-likeness (QED) is 0.862. The van der Waals surface area contributed by atoms with E-state index in [2.05, 4.69) is 27.2 Å². The van der Waals surface area contributed by atoms with Gasteiger partial charge in [-0.1, -0.05) is 6.92 Å². The monoisotopic (exact) mass is 234 g/mol. The first-order valence-electron chi connectivity index (χ1n) is 5.31. The van der Waals surface area contributed by atoms with Crippen molar-refractivity contribution < 1.29 is 0 Å². The number of nitrogens with one attached hydrogen (secondary N) is 1. The zero-order valence-corrected chi connectivity index (χ0v) is 10.00. The first-order chi connectivity index (χ1) is 7.88. The zero-order chi connectivity index (χ0) is 11.2. The summed E-state index contributed by atoms with van der Waals surface area (Å²) in [6, 6.07) is 0. The molecule has 0 saturated carbocycles. The molecule has 0 amide bonds. The van der Waals surface area contributed by atoms with Crippen LogP contribution in [-0.2, 0) is 6.42 Å². The predicted octanol–water partition coefficient (Wildman–Crippen LogP) is 2.35. The summed E-state index contributed by atoms with van der Waals surface area (Å²) in [6.45, 7) is 3.05. The van der Waals surface area contributed by atoms with Gasteiger partial charge < -0.3 is 5.32 Å². The van der Waals surface area contributed by atoms with Crippen LogP contribution in [0.25, 0.3) is 0 Å². The summed E-state index contributed by atoms with van der Waals surface area (Å²) in [4.78, 5) is 12.9. The van der Waals surface area contributed by atoms with Gasteiger partial charge in [0.05, 0.1) is 16.9 Å². The Morgan fingerprint density at radius 2 is 2.31 bits per heavy atom. The predicted molar refractivity (Wildman–Crippen MR) is 65.7 cm³/mol. The highest BCUT2D eigenvalue weighted by atomic mass is 32.1. The molecule has 4 nitrogen and oxygen atoms in total. The molecular formula is C11H14N4S. The lowest BCUT2D eigenvalue weighted by Crippen LogP contribution is -2.04. The Morgan fingerprint density at radius 3 is 3.06 bits per heavy atom. The van der Waals surface area contributed by atoms with Gasteiger partial charge in [0, 0.05) is 30.7 Å². The van der Waals surface area contributed by atoms with Crippen molar-refractivity contribution >= 4 is 17.2 Å². The molecular weight excluding hydrogens is 220 g/mol. The van der Waals surface area contributed by atoms with E-state index in [-0.39, 0.29) is 0 Å². The number of aromatic nitrogens is 3. The van der Waals surface area contributed by atoms with E-state index in [1.165, 1.54) is 0 Å². The van der Waals surface area contributed by atoms with Gasteiger partial charge in [0.1, 0.15) is 5.82 Å². The first-order valence-corrected chi connectivity index (χ1v) is 6.19. The lowest BCUT2D eigenvalue weighted by atomic mass is 10.3. The molecule has 0 aliphatic carbocycles. The third-order valence-electron chi connectivity index (χ3n) is 2.06. The maximum absolute atomic E-state index is 4.48. The highest BCUT2D eigenvalue weighted by Gasteiger charge is 2.01. The average molecular weight is 234 g/mol. The Labute approximate surface area is 98.8 Å². The van der Waals surface area contributed by atoms with Crippen LogP contribution < -0.4 is 5.32 Å². The third-order valence-corrected chi connectivity index (χ3v) is 2.84. The van der Waals surface area contributed by atoms with Crippen LogP contribution in [0.5, 0.6) is 0 Å². The van der Waals surface area contributed by atoms with E-state index in [1.807, 2.05) is 11.6 Å². The smallest absolute Gasteiger partial charge is 0.144 e. The number of thiazole rings is 1. The summed E-state index contributed by atoms with van der Waals surface area (Å²) in [5, 5.41) is 6.27. The van der Waals surface area contributed by atoms with Crippen molar-refractivity contribution in [3.05, 3.63) is 34.7 Å². The van der Waals surface area contributed by atoms with Crippen molar-refractivity contribution in [1.82, 2.24) is 15.0 Å². The summed E-state index contributed by atoms with van der Waals surface area (Å²) in [7, 11) is 0. The standard InChI is InChI=1S/C11H14N4S/c1-2-3-13-10-8-12-7-9(15-10)6-11-14-4-5-16-11/h4-5,7-8H,2-3,6H2,1H3,(H,13,15). The molecule has 0 aliphatic heterocycles. The van der Waals surface area contributed by atoms with E-state index >= 15 is 0 Å². The summed E-state index contributed by atoms with van der Waals surface area (Å²) >= 11 is 1.64. The van der Waals surface area contributed by atoms with Crippen molar-refractivity contribution in [2.75, 3.05) is 11.9 Å². The van der Waals surface area contributed by atoms with Gasteiger partial charge >= 0.3 is 0 Å². The minimum atomic E-state index is 0.756. The number of hydrogen-bond acceptors (Lipinski definition) is 5. The molecule has 2 heterocycles. The van der Waals surface area contributed by atoms with Gasteiger partial charge in [-0.25, -0.2) is 9.97 Å². The molecule has 2 rings (SSSR count). The van der Waals surface area contributed by atoms with Crippen molar-refractivity contribution in [3.8, 4) is 0 Å². The van der Waals surface area contributed by atoms with Crippen LogP contribution in [0.3, 0.4) is 0 Å². The molecule has 16 heavy (non-hydrogen) atoms. The molecule has 5 heteroatoms. The molecule has 2 aromatic rings. The second kappa shape index (κ2) is 5.55. The first kappa shape index (κ1) is 11.0.